The molecule has 0 saturated heterocycles. The van der Waals surface area contributed by atoms with Gasteiger partial charge in [0.1, 0.15) is 0 Å². The fourth-order valence-electron chi connectivity index (χ4n) is 3.51. The summed E-state index contributed by atoms with van der Waals surface area (Å²) in [5.41, 5.74) is 2.05. The number of benzene rings is 1. The number of ether oxygens (including phenoxy) is 2. The van der Waals surface area contributed by atoms with Gasteiger partial charge < -0.3 is 25.0 Å². The second-order valence-electron chi connectivity index (χ2n) is 7.16. The summed E-state index contributed by atoms with van der Waals surface area (Å²) in [5, 5.41) is 7.80. The second kappa shape index (κ2) is 9.17. The fourth-order valence-corrected chi connectivity index (χ4v) is 4.15. The standard InChI is InChI=1S/C21H27N3O4S/c1-13(2)23-21(26)24-8-7-14-10-17(27-3)18(28-4)11-15(14)16(24)12-22-20(25)19-6-5-9-29-19/h5-6,9-11,13,16H,7-8,12H2,1-4H3,(H,22,25)(H,23,26)/t16-/m1/s1. The normalized spacial score (nSPS) is 15.6. The minimum Gasteiger partial charge on any atom is -0.493 e. The van der Waals surface area contributed by atoms with E-state index in [4.69, 9.17) is 9.47 Å². The Balaban J connectivity index is 1.91. The molecular formula is C21H27N3O4S. The summed E-state index contributed by atoms with van der Waals surface area (Å²) in [6, 6.07) is 7.07. The van der Waals surface area contributed by atoms with Crippen molar-refractivity contribution >= 4 is 23.3 Å². The van der Waals surface area contributed by atoms with Gasteiger partial charge in [0.05, 0.1) is 25.1 Å². The van der Waals surface area contributed by atoms with Crippen LogP contribution in [0.5, 0.6) is 11.5 Å². The average Bonchev–Trinajstić information content (AvgIpc) is 3.24. The molecule has 2 N–H and O–H groups in total. The first-order chi connectivity index (χ1) is 13.9. The summed E-state index contributed by atoms with van der Waals surface area (Å²) < 4.78 is 10.9. The third-order valence-corrected chi connectivity index (χ3v) is 5.75. The number of hydrogen-bond acceptors (Lipinski definition) is 5. The number of methoxy groups -OCH3 is 2. The van der Waals surface area contributed by atoms with Crippen molar-refractivity contribution in [1.29, 1.82) is 0 Å². The number of thiophene rings is 1. The lowest BCUT2D eigenvalue weighted by atomic mass is 9.91. The van der Waals surface area contributed by atoms with E-state index in [0.717, 1.165) is 11.1 Å². The monoisotopic (exact) mass is 417 g/mol. The highest BCUT2D eigenvalue weighted by molar-refractivity contribution is 7.12. The molecular weight excluding hydrogens is 390 g/mol. The van der Waals surface area contributed by atoms with Crippen LogP contribution in [-0.4, -0.2) is 50.2 Å². The third-order valence-electron chi connectivity index (χ3n) is 4.88. The van der Waals surface area contributed by atoms with Crippen LogP contribution in [0.3, 0.4) is 0 Å². The van der Waals surface area contributed by atoms with Gasteiger partial charge in [-0.1, -0.05) is 6.07 Å². The van der Waals surface area contributed by atoms with Gasteiger partial charge in [-0.2, -0.15) is 0 Å². The van der Waals surface area contributed by atoms with Gasteiger partial charge in [-0.25, -0.2) is 4.79 Å². The molecule has 0 unspecified atom stereocenters. The number of amides is 3. The van der Waals surface area contributed by atoms with Crippen molar-refractivity contribution in [1.82, 2.24) is 15.5 Å². The molecule has 1 aliphatic rings. The Morgan fingerprint density at radius 2 is 1.97 bits per heavy atom. The number of carbonyl (C=O) groups excluding carboxylic acids is 2. The fraction of sp³-hybridized carbons (Fsp3) is 0.429. The summed E-state index contributed by atoms with van der Waals surface area (Å²) >= 11 is 1.39. The van der Waals surface area contributed by atoms with Crippen LogP contribution in [0.15, 0.2) is 29.6 Å². The molecule has 1 atom stereocenters. The Hall–Kier alpha value is -2.74. The molecule has 1 aromatic carbocycles. The molecule has 0 bridgehead atoms. The van der Waals surface area contributed by atoms with Crippen molar-refractivity contribution in [2.75, 3.05) is 27.3 Å². The van der Waals surface area contributed by atoms with E-state index in [2.05, 4.69) is 10.6 Å². The van der Waals surface area contributed by atoms with Gasteiger partial charge in [0, 0.05) is 19.1 Å². The molecule has 2 heterocycles. The maximum absolute atomic E-state index is 12.8. The number of rotatable bonds is 6. The molecule has 2 aromatic rings. The average molecular weight is 418 g/mol. The van der Waals surface area contributed by atoms with Gasteiger partial charge in [-0.05, 0) is 55.0 Å². The smallest absolute Gasteiger partial charge is 0.318 e. The minimum absolute atomic E-state index is 0.0238. The Labute approximate surface area is 175 Å². The highest BCUT2D eigenvalue weighted by Crippen LogP contribution is 2.38. The predicted molar refractivity (Wildman–Crippen MR) is 113 cm³/mol. The van der Waals surface area contributed by atoms with Gasteiger partial charge in [0.2, 0.25) is 0 Å². The molecule has 3 rings (SSSR count). The van der Waals surface area contributed by atoms with Crippen LogP contribution in [-0.2, 0) is 6.42 Å². The summed E-state index contributed by atoms with van der Waals surface area (Å²) in [6.07, 6.45) is 0.705. The SMILES string of the molecule is COc1cc2c(cc1OC)[C@@H](CNC(=O)c1cccs1)N(C(=O)NC(C)C)CC2. The van der Waals surface area contributed by atoms with Gasteiger partial charge in [-0.3, -0.25) is 4.79 Å². The zero-order valence-electron chi connectivity index (χ0n) is 17.2. The van der Waals surface area contributed by atoms with Crippen molar-refractivity contribution in [3.63, 3.8) is 0 Å². The van der Waals surface area contributed by atoms with Gasteiger partial charge in [-0.15, -0.1) is 11.3 Å². The van der Waals surface area contributed by atoms with Gasteiger partial charge in [0.25, 0.3) is 5.91 Å². The molecule has 7 nitrogen and oxygen atoms in total. The molecule has 8 heteroatoms. The Morgan fingerprint density at radius 3 is 2.59 bits per heavy atom. The summed E-state index contributed by atoms with van der Waals surface area (Å²) in [6.45, 7) is 4.72. The van der Waals surface area contributed by atoms with Crippen molar-refractivity contribution in [3.05, 3.63) is 45.6 Å². The number of carbonyl (C=O) groups is 2. The molecule has 3 amide bonds. The summed E-state index contributed by atoms with van der Waals surface area (Å²) in [5.74, 6) is 1.12. The number of fused-ring (bicyclic) bond motifs is 1. The topological polar surface area (TPSA) is 79.9 Å². The first kappa shape index (κ1) is 21.0. The number of nitrogens with zero attached hydrogens (tertiary/aromatic N) is 1. The van der Waals surface area contributed by atoms with Crippen LogP contribution >= 0.6 is 11.3 Å². The van der Waals surface area contributed by atoms with E-state index < -0.39 is 0 Å². The summed E-state index contributed by atoms with van der Waals surface area (Å²) in [7, 11) is 3.19. The van der Waals surface area contributed by atoms with E-state index >= 15 is 0 Å². The maximum Gasteiger partial charge on any atom is 0.318 e. The Bertz CT molecular complexity index is 867. The van der Waals surface area contributed by atoms with E-state index in [9.17, 15) is 9.59 Å². The minimum atomic E-state index is -0.304. The molecule has 156 valence electrons. The molecule has 0 aliphatic carbocycles. The van der Waals surface area contributed by atoms with Crippen molar-refractivity contribution in [2.45, 2.75) is 32.4 Å². The zero-order chi connectivity index (χ0) is 21.0. The van der Waals surface area contributed by atoms with E-state index in [-0.39, 0.29) is 24.0 Å². The molecule has 0 saturated carbocycles. The first-order valence-corrected chi connectivity index (χ1v) is 10.5. The Morgan fingerprint density at radius 1 is 1.24 bits per heavy atom. The van der Waals surface area contributed by atoms with Crippen LogP contribution in [0.2, 0.25) is 0 Å². The second-order valence-corrected chi connectivity index (χ2v) is 8.10. The number of hydrogen-bond donors (Lipinski definition) is 2. The lowest BCUT2D eigenvalue weighted by Gasteiger charge is -2.38. The Kier molecular flexibility index (Phi) is 6.64. The van der Waals surface area contributed by atoms with Crippen molar-refractivity contribution in [2.24, 2.45) is 0 Å². The summed E-state index contributed by atoms with van der Waals surface area (Å²) in [4.78, 5) is 27.7. The molecule has 1 aliphatic heterocycles. The molecule has 0 radical (unpaired) electrons. The largest absolute Gasteiger partial charge is 0.493 e. The predicted octanol–water partition coefficient (Wildman–Crippen LogP) is 3.21. The van der Waals surface area contributed by atoms with Crippen molar-refractivity contribution in [3.8, 4) is 11.5 Å². The van der Waals surface area contributed by atoms with Crippen molar-refractivity contribution < 1.29 is 19.1 Å². The van der Waals surface area contributed by atoms with E-state index in [1.165, 1.54) is 11.3 Å². The lowest BCUT2D eigenvalue weighted by molar-refractivity contribution is 0.0938. The van der Waals surface area contributed by atoms with Gasteiger partial charge >= 0.3 is 6.03 Å². The first-order valence-electron chi connectivity index (χ1n) is 9.58. The number of urea groups is 1. The number of nitrogens with one attached hydrogen (secondary N) is 2. The highest BCUT2D eigenvalue weighted by atomic mass is 32.1. The van der Waals surface area contributed by atoms with E-state index in [1.807, 2.05) is 37.4 Å². The van der Waals surface area contributed by atoms with Crippen LogP contribution in [0.25, 0.3) is 0 Å². The molecule has 29 heavy (non-hydrogen) atoms. The van der Waals surface area contributed by atoms with E-state index in [1.54, 1.807) is 25.2 Å². The maximum atomic E-state index is 12.8. The van der Waals surface area contributed by atoms with Crippen LogP contribution < -0.4 is 20.1 Å². The molecule has 0 fully saturated rings. The van der Waals surface area contributed by atoms with Crippen LogP contribution in [0, 0.1) is 0 Å². The molecule has 1 aromatic heterocycles. The lowest BCUT2D eigenvalue weighted by Crippen LogP contribution is -2.50. The molecule has 0 spiro atoms. The highest BCUT2D eigenvalue weighted by Gasteiger charge is 2.32. The third kappa shape index (κ3) is 4.64. The zero-order valence-corrected chi connectivity index (χ0v) is 18.0. The van der Waals surface area contributed by atoms with Gasteiger partial charge in [0.15, 0.2) is 11.5 Å². The van der Waals surface area contributed by atoms with Crippen LogP contribution in [0.4, 0.5) is 4.79 Å². The van der Waals surface area contributed by atoms with E-state index in [0.29, 0.717) is 35.9 Å². The van der Waals surface area contributed by atoms with Crippen LogP contribution in [0.1, 0.15) is 40.7 Å². The quantitative estimate of drug-likeness (QED) is 0.756.